The van der Waals surface area contributed by atoms with Gasteiger partial charge in [0.1, 0.15) is 6.04 Å². The fraction of sp³-hybridized carbons (Fsp3) is 0.533. The zero-order valence-corrected chi connectivity index (χ0v) is 11.4. The van der Waals surface area contributed by atoms with E-state index in [4.69, 9.17) is 0 Å². The quantitative estimate of drug-likeness (QED) is 0.781. The largest absolute Gasteiger partial charge is 0.480 e. The van der Waals surface area contributed by atoms with Crippen molar-refractivity contribution in [1.29, 1.82) is 0 Å². The summed E-state index contributed by atoms with van der Waals surface area (Å²) in [7, 11) is 0. The van der Waals surface area contributed by atoms with Gasteiger partial charge >= 0.3 is 5.97 Å². The van der Waals surface area contributed by atoms with E-state index in [-0.39, 0.29) is 6.04 Å². The molecule has 0 saturated heterocycles. The van der Waals surface area contributed by atoms with Crippen molar-refractivity contribution in [2.24, 2.45) is 5.92 Å². The lowest BCUT2D eigenvalue weighted by atomic mass is 10.0. The van der Waals surface area contributed by atoms with Crippen LogP contribution in [0.25, 0.3) is 0 Å². The van der Waals surface area contributed by atoms with Crippen LogP contribution in [0.1, 0.15) is 32.8 Å². The van der Waals surface area contributed by atoms with Crippen molar-refractivity contribution in [2.45, 2.75) is 45.7 Å². The Labute approximate surface area is 109 Å². The Morgan fingerprint density at radius 1 is 1.22 bits per heavy atom. The lowest BCUT2D eigenvalue weighted by Crippen LogP contribution is -2.44. The second kappa shape index (κ2) is 7.17. The Bertz CT molecular complexity index is 362. The number of aliphatic carboxylic acids is 1. The summed E-state index contributed by atoms with van der Waals surface area (Å²) in [5.74, 6) is -0.215. The van der Waals surface area contributed by atoms with Crippen LogP contribution in [0.15, 0.2) is 30.3 Å². The minimum atomic E-state index is -0.783. The van der Waals surface area contributed by atoms with E-state index in [1.807, 2.05) is 37.3 Å². The van der Waals surface area contributed by atoms with Gasteiger partial charge in [0.2, 0.25) is 0 Å². The Hall–Kier alpha value is -1.35. The third-order valence-corrected chi connectivity index (χ3v) is 2.89. The Kier molecular flexibility index (Phi) is 5.86. The molecule has 0 fully saturated rings. The fourth-order valence-electron chi connectivity index (χ4n) is 2.19. The van der Waals surface area contributed by atoms with Crippen molar-refractivity contribution < 1.29 is 9.90 Å². The highest BCUT2D eigenvalue weighted by Gasteiger charge is 2.20. The molecule has 0 spiro atoms. The molecule has 2 atom stereocenters. The highest BCUT2D eigenvalue weighted by Crippen LogP contribution is 2.08. The molecule has 0 aliphatic rings. The van der Waals surface area contributed by atoms with E-state index < -0.39 is 12.0 Å². The summed E-state index contributed by atoms with van der Waals surface area (Å²) in [6.07, 6.45) is 1.51. The Morgan fingerprint density at radius 2 is 1.83 bits per heavy atom. The van der Waals surface area contributed by atoms with Crippen LogP contribution in [0, 0.1) is 5.92 Å². The third-order valence-electron chi connectivity index (χ3n) is 2.89. The van der Waals surface area contributed by atoms with Gasteiger partial charge in [0.25, 0.3) is 0 Å². The van der Waals surface area contributed by atoms with Gasteiger partial charge < -0.3 is 10.4 Å². The molecule has 0 aliphatic carbocycles. The normalized spacial score (nSPS) is 14.4. The van der Waals surface area contributed by atoms with Gasteiger partial charge in [-0.3, -0.25) is 4.79 Å². The zero-order valence-electron chi connectivity index (χ0n) is 11.4. The van der Waals surface area contributed by atoms with Crippen LogP contribution >= 0.6 is 0 Å². The van der Waals surface area contributed by atoms with E-state index in [2.05, 4.69) is 19.2 Å². The highest BCUT2D eigenvalue weighted by molar-refractivity contribution is 5.74. The average molecular weight is 249 g/mol. The van der Waals surface area contributed by atoms with Crippen LogP contribution in [-0.4, -0.2) is 23.2 Å². The summed E-state index contributed by atoms with van der Waals surface area (Å²) >= 11 is 0. The molecule has 2 N–H and O–H groups in total. The number of hydrogen-bond donors (Lipinski definition) is 2. The molecule has 18 heavy (non-hydrogen) atoms. The van der Waals surface area contributed by atoms with Crippen LogP contribution in [-0.2, 0) is 11.2 Å². The van der Waals surface area contributed by atoms with Gasteiger partial charge in [-0.05, 0) is 31.2 Å². The molecular weight excluding hydrogens is 226 g/mol. The standard InChI is InChI=1S/C15H23NO2/c1-11(2)9-12(3)16-14(15(17)18)10-13-7-5-4-6-8-13/h4-8,11-12,14,16H,9-10H2,1-3H3,(H,17,18). The van der Waals surface area contributed by atoms with Gasteiger partial charge in [0.05, 0.1) is 0 Å². The maximum absolute atomic E-state index is 11.3. The number of carboxylic acid groups (broad SMARTS) is 1. The van der Waals surface area contributed by atoms with Gasteiger partial charge in [-0.25, -0.2) is 0 Å². The molecule has 0 aromatic heterocycles. The number of rotatable bonds is 7. The van der Waals surface area contributed by atoms with Crippen molar-refractivity contribution >= 4 is 5.97 Å². The monoisotopic (exact) mass is 249 g/mol. The minimum Gasteiger partial charge on any atom is -0.480 e. The van der Waals surface area contributed by atoms with E-state index >= 15 is 0 Å². The van der Waals surface area contributed by atoms with Crippen molar-refractivity contribution in [3.8, 4) is 0 Å². The number of carbonyl (C=O) groups is 1. The first-order valence-corrected chi connectivity index (χ1v) is 6.51. The number of carboxylic acids is 1. The van der Waals surface area contributed by atoms with Gasteiger partial charge in [-0.2, -0.15) is 0 Å². The SMILES string of the molecule is CC(C)CC(C)NC(Cc1ccccc1)C(=O)O. The van der Waals surface area contributed by atoms with Crippen molar-refractivity contribution in [1.82, 2.24) is 5.32 Å². The molecule has 1 aromatic rings. The van der Waals surface area contributed by atoms with E-state index in [0.717, 1.165) is 12.0 Å². The number of nitrogens with one attached hydrogen (secondary N) is 1. The Balaban J connectivity index is 2.58. The highest BCUT2D eigenvalue weighted by atomic mass is 16.4. The number of benzene rings is 1. The van der Waals surface area contributed by atoms with Crippen LogP contribution in [0.4, 0.5) is 0 Å². The lowest BCUT2D eigenvalue weighted by molar-refractivity contribution is -0.139. The third kappa shape index (κ3) is 5.32. The number of hydrogen-bond acceptors (Lipinski definition) is 2. The van der Waals surface area contributed by atoms with E-state index in [9.17, 15) is 9.90 Å². The smallest absolute Gasteiger partial charge is 0.321 e. The first kappa shape index (κ1) is 14.7. The molecule has 3 nitrogen and oxygen atoms in total. The summed E-state index contributed by atoms with van der Waals surface area (Å²) in [4.78, 5) is 11.3. The summed E-state index contributed by atoms with van der Waals surface area (Å²) in [5, 5.41) is 12.5. The molecule has 0 aliphatic heterocycles. The van der Waals surface area contributed by atoms with Gasteiger partial charge in [-0.1, -0.05) is 44.2 Å². The van der Waals surface area contributed by atoms with Crippen LogP contribution in [0.2, 0.25) is 0 Å². The zero-order chi connectivity index (χ0) is 13.5. The van der Waals surface area contributed by atoms with Crippen molar-refractivity contribution in [2.75, 3.05) is 0 Å². The average Bonchev–Trinajstić information content (AvgIpc) is 2.28. The second-order valence-electron chi connectivity index (χ2n) is 5.28. The maximum atomic E-state index is 11.3. The van der Waals surface area contributed by atoms with E-state index in [1.54, 1.807) is 0 Å². The molecule has 1 aromatic carbocycles. The molecule has 1 rings (SSSR count). The summed E-state index contributed by atoms with van der Waals surface area (Å²) < 4.78 is 0. The van der Waals surface area contributed by atoms with Crippen molar-refractivity contribution in [3.63, 3.8) is 0 Å². The Morgan fingerprint density at radius 3 is 2.33 bits per heavy atom. The molecule has 0 amide bonds. The molecule has 0 bridgehead atoms. The van der Waals surface area contributed by atoms with E-state index in [1.165, 1.54) is 0 Å². The molecule has 100 valence electrons. The molecule has 0 heterocycles. The fourth-order valence-corrected chi connectivity index (χ4v) is 2.19. The molecule has 3 heteroatoms. The van der Waals surface area contributed by atoms with Gasteiger partial charge in [0.15, 0.2) is 0 Å². The van der Waals surface area contributed by atoms with Gasteiger partial charge in [-0.15, -0.1) is 0 Å². The second-order valence-corrected chi connectivity index (χ2v) is 5.28. The van der Waals surface area contributed by atoms with E-state index in [0.29, 0.717) is 12.3 Å². The predicted molar refractivity (Wildman–Crippen MR) is 73.6 cm³/mol. The molecule has 2 unspecified atom stereocenters. The first-order valence-electron chi connectivity index (χ1n) is 6.51. The summed E-state index contributed by atoms with van der Waals surface area (Å²) in [5.41, 5.74) is 1.05. The van der Waals surface area contributed by atoms with Crippen molar-refractivity contribution in [3.05, 3.63) is 35.9 Å². The maximum Gasteiger partial charge on any atom is 0.321 e. The summed E-state index contributed by atoms with van der Waals surface area (Å²) in [6, 6.07) is 9.44. The van der Waals surface area contributed by atoms with Crippen LogP contribution in [0.5, 0.6) is 0 Å². The first-order chi connectivity index (χ1) is 8.49. The van der Waals surface area contributed by atoms with Gasteiger partial charge in [0, 0.05) is 6.04 Å². The topological polar surface area (TPSA) is 49.3 Å². The molecule has 0 radical (unpaired) electrons. The molecular formula is C15H23NO2. The minimum absolute atomic E-state index is 0.217. The van der Waals surface area contributed by atoms with Crippen LogP contribution in [0.3, 0.4) is 0 Å². The van der Waals surface area contributed by atoms with Crippen LogP contribution < -0.4 is 5.32 Å². The molecule has 0 saturated carbocycles. The summed E-state index contributed by atoms with van der Waals surface area (Å²) in [6.45, 7) is 6.33. The predicted octanol–water partition coefficient (Wildman–Crippen LogP) is 2.71. The lowest BCUT2D eigenvalue weighted by Gasteiger charge is -2.21.